The van der Waals surface area contributed by atoms with Gasteiger partial charge in [0.25, 0.3) is 0 Å². The molecular weight excluding hydrogens is 436 g/mol. The first-order valence-electron chi connectivity index (χ1n) is 11.3. The standard InChI is InChI=1S/C26H32N2O6/c1-5-26(16-33-4,22(29)27-15-25(2,3)23(30)31)28-24(32)34-14-21-19-12-8-6-10-17(19)18-11-7-9-13-20(18)21/h6-13,21H,5,14-16H2,1-4H3,(H,27,29)(H,28,32)(H,30,31). The van der Waals surface area contributed by atoms with Crippen LogP contribution in [0, 0.1) is 5.41 Å². The van der Waals surface area contributed by atoms with Crippen LogP contribution in [-0.2, 0) is 19.1 Å². The number of carboxylic acid groups (broad SMARTS) is 1. The predicted octanol–water partition coefficient (Wildman–Crippen LogP) is 3.55. The molecule has 0 bridgehead atoms. The molecule has 0 aromatic heterocycles. The van der Waals surface area contributed by atoms with Gasteiger partial charge in [-0.1, -0.05) is 55.5 Å². The number of nitrogens with one attached hydrogen (secondary N) is 2. The number of carbonyl (C=O) groups excluding carboxylic acids is 2. The summed E-state index contributed by atoms with van der Waals surface area (Å²) < 4.78 is 10.8. The Kier molecular flexibility index (Phi) is 7.61. The molecule has 34 heavy (non-hydrogen) atoms. The normalized spacial score (nSPS) is 14.5. The zero-order chi connectivity index (χ0) is 24.9. The Morgan fingerprint density at radius 1 is 1.00 bits per heavy atom. The zero-order valence-corrected chi connectivity index (χ0v) is 20.0. The summed E-state index contributed by atoms with van der Waals surface area (Å²) in [6.45, 7) is 4.69. The second-order valence-corrected chi connectivity index (χ2v) is 9.19. The maximum Gasteiger partial charge on any atom is 0.408 e. The summed E-state index contributed by atoms with van der Waals surface area (Å²) in [5, 5.41) is 14.6. The third-order valence-electron chi connectivity index (χ3n) is 6.38. The van der Waals surface area contributed by atoms with Crippen LogP contribution in [0.3, 0.4) is 0 Å². The smallest absolute Gasteiger partial charge is 0.408 e. The maximum absolute atomic E-state index is 13.0. The number of carbonyl (C=O) groups is 3. The highest BCUT2D eigenvalue weighted by Crippen LogP contribution is 2.44. The molecule has 2 aromatic rings. The molecule has 0 saturated carbocycles. The molecule has 1 unspecified atom stereocenters. The monoisotopic (exact) mass is 468 g/mol. The van der Waals surface area contributed by atoms with Crippen molar-refractivity contribution in [1.82, 2.24) is 10.6 Å². The Labute approximate surface area is 199 Å². The minimum Gasteiger partial charge on any atom is -0.481 e. The molecule has 0 heterocycles. The van der Waals surface area contributed by atoms with Crippen molar-refractivity contribution >= 4 is 18.0 Å². The summed E-state index contributed by atoms with van der Waals surface area (Å²) in [6.07, 6.45) is -0.516. The second-order valence-electron chi connectivity index (χ2n) is 9.19. The maximum atomic E-state index is 13.0. The number of alkyl carbamates (subject to hydrolysis) is 1. The Balaban J connectivity index is 1.71. The van der Waals surface area contributed by atoms with Gasteiger partial charge in [-0.3, -0.25) is 9.59 Å². The summed E-state index contributed by atoms with van der Waals surface area (Å²) in [5.41, 5.74) is 1.86. The molecular formula is C26H32N2O6. The van der Waals surface area contributed by atoms with Crippen molar-refractivity contribution in [3.05, 3.63) is 59.7 Å². The number of benzene rings is 2. The van der Waals surface area contributed by atoms with Gasteiger partial charge < -0.3 is 25.2 Å². The lowest BCUT2D eigenvalue weighted by Crippen LogP contribution is -2.62. The molecule has 0 radical (unpaired) electrons. The Bertz CT molecular complexity index is 1020. The second kappa shape index (κ2) is 10.3. The number of amides is 2. The van der Waals surface area contributed by atoms with Gasteiger partial charge in [-0.2, -0.15) is 0 Å². The average Bonchev–Trinajstić information content (AvgIpc) is 3.14. The van der Waals surface area contributed by atoms with Crippen LogP contribution < -0.4 is 10.6 Å². The lowest BCUT2D eigenvalue weighted by atomic mass is 9.91. The van der Waals surface area contributed by atoms with Crippen molar-refractivity contribution in [2.45, 2.75) is 38.6 Å². The fraction of sp³-hybridized carbons (Fsp3) is 0.423. The van der Waals surface area contributed by atoms with E-state index in [-0.39, 0.29) is 32.1 Å². The molecule has 182 valence electrons. The van der Waals surface area contributed by atoms with Crippen molar-refractivity contribution < 1.29 is 29.0 Å². The van der Waals surface area contributed by atoms with Crippen molar-refractivity contribution in [2.24, 2.45) is 5.41 Å². The van der Waals surface area contributed by atoms with E-state index in [0.29, 0.717) is 0 Å². The van der Waals surface area contributed by atoms with Crippen molar-refractivity contribution in [2.75, 3.05) is 26.9 Å². The highest BCUT2D eigenvalue weighted by Gasteiger charge is 2.41. The third kappa shape index (κ3) is 5.07. The fourth-order valence-corrected chi connectivity index (χ4v) is 4.13. The minimum absolute atomic E-state index is 0.0902. The number of ether oxygens (including phenoxy) is 2. The molecule has 1 aliphatic carbocycles. The van der Waals surface area contributed by atoms with E-state index in [2.05, 4.69) is 22.8 Å². The molecule has 8 heteroatoms. The molecule has 0 spiro atoms. The third-order valence-corrected chi connectivity index (χ3v) is 6.38. The van der Waals surface area contributed by atoms with E-state index < -0.39 is 28.9 Å². The number of hydrogen-bond acceptors (Lipinski definition) is 5. The largest absolute Gasteiger partial charge is 0.481 e. The van der Waals surface area contributed by atoms with Crippen molar-refractivity contribution in [3.63, 3.8) is 0 Å². The van der Waals surface area contributed by atoms with Gasteiger partial charge in [0.1, 0.15) is 12.1 Å². The molecule has 1 aliphatic rings. The predicted molar refractivity (Wildman–Crippen MR) is 128 cm³/mol. The summed E-state index contributed by atoms with van der Waals surface area (Å²) in [7, 11) is 1.43. The number of fused-ring (bicyclic) bond motifs is 3. The van der Waals surface area contributed by atoms with Gasteiger partial charge in [0.15, 0.2) is 0 Å². The average molecular weight is 469 g/mol. The Morgan fingerprint density at radius 2 is 1.56 bits per heavy atom. The van der Waals surface area contributed by atoms with Crippen molar-refractivity contribution in [1.29, 1.82) is 0 Å². The summed E-state index contributed by atoms with van der Waals surface area (Å²) in [4.78, 5) is 37.2. The van der Waals surface area contributed by atoms with E-state index in [9.17, 15) is 19.5 Å². The van der Waals surface area contributed by atoms with Crippen LogP contribution in [0.4, 0.5) is 4.79 Å². The van der Waals surface area contributed by atoms with Gasteiger partial charge in [-0.15, -0.1) is 0 Å². The van der Waals surface area contributed by atoms with Gasteiger partial charge in [-0.05, 0) is 42.5 Å². The summed E-state index contributed by atoms with van der Waals surface area (Å²) >= 11 is 0. The zero-order valence-electron chi connectivity index (χ0n) is 20.0. The molecule has 2 aromatic carbocycles. The number of hydrogen-bond donors (Lipinski definition) is 3. The van der Waals surface area contributed by atoms with Crippen LogP contribution in [-0.4, -0.2) is 55.5 Å². The van der Waals surface area contributed by atoms with E-state index in [1.54, 1.807) is 6.92 Å². The van der Waals surface area contributed by atoms with Crippen LogP contribution in [0.2, 0.25) is 0 Å². The van der Waals surface area contributed by atoms with Crippen LogP contribution in [0.25, 0.3) is 11.1 Å². The van der Waals surface area contributed by atoms with Gasteiger partial charge in [0.05, 0.1) is 12.0 Å². The Morgan fingerprint density at radius 3 is 2.06 bits per heavy atom. The van der Waals surface area contributed by atoms with E-state index in [1.807, 2.05) is 36.4 Å². The lowest BCUT2D eigenvalue weighted by Gasteiger charge is -2.32. The number of rotatable bonds is 10. The SMILES string of the molecule is CCC(COC)(NC(=O)OCC1c2ccccc2-c2ccccc21)C(=O)NCC(C)(C)C(=O)O. The lowest BCUT2D eigenvalue weighted by molar-refractivity contribution is -0.147. The first-order valence-corrected chi connectivity index (χ1v) is 11.3. The molecule has 3 rings (SSSR count). The minimum atomic E-state index is -1.40. The van der Waals surface area contributed by atoms with Crippen molar-refractivity contribution in [3.8, 4) is 11.1 Å². The van der Waals surface area contributed by atoms with Gasteiger partial charge in [0, 0.05) is 19.6 Å². The molecule has 2 amide bonds. The molecule has 8 nitrogen and oxygen atoms in total. The van der Waals surface area contributed by atoms with Gasteiger partial charge in [0.2, 0.25) is 5.91 Å². The highest BCUT2D eigenvalue weighted by atomic mass is 16.5. The van der Waals surface area contributed by atoms with Crippen LogP contribution in [0.5, 0.6) is 0 Å². The van der Waals surface area contributed by atoms with E-state index in [0.717, 1.165) is 22.3 Å². The fourth-order valence-electron chi connectivity index (χ4n) is 4.13. The van der Waals surface area contributed by atoms with Crippen LogP contribution in [0.1, 0.15) is 44.2 Å². The summed E-state index contributed by atoms with van der Waals surface area (Å²) in [5.74, 6) is -1.67. The number of methoxy groups -OCH3 is 1. The van der Waals surface area contributed by atoms with Crippen LogP contribution in [0.15, 0.2) is 48.5 Å². The first kappa shape index (κ1) is 25.2. The van der Waals surface area contributed by atoms with E-state index in [1.165, 1.54) is 21.0 Å². The first-order chi connectivity index (χ1) is 16.1. The topological polar surface area (TPSA) is 114 Å². The Hall–Kier alpha value is -3.39. The highest BCUT2D eigenvalue weighted by molar-refractivity contribution is 5.90. The van der Waals surface area contributed by atoms with Gasteiger partial charge in [-0.25, -0.2) is 4.79 Å². The van der Waals surface area contributed by atoms with E-state index >= 15 is 0 Å². The molecule has 3 N–H and O–H groups in total. The quantitative estimate of drug-likeness (QED) is 0.491. The summed E-state index contributed by atoms with van der Waals surface area (Å²) in [6, 6.07) is 16.0. The van der Waals surface area contributed by atoms with Crippen LogP contribution >= 0.6 is 0 Å². The molecule has 1 atom stereocenters. The molecule has 0 aliphatic heterocycles. The van der Waals surface area contributed by atoms with Gasteiger partial charge >= 0.3 is 12.1 Å². The number of aliphatic carboxylic acids is 1. The molecule has 0 fully saturated rings. The number of carboxylic acids is 1. The van der Waals surface area contributed by atoms with E-state index in [4.69, 9.17) is 9.47 Å². The molecule has 0 saturated heterocycles.